The molecule has 338 valence electrons. The van der Waals surface area contributed by atoms with Crippen molar-refractivity contribution in [3.63, 3.8) is 0 Å². The zero-order valence-electron chi connectivity index (χ0n) is 36.7. The number of methoxy groups -OCH3 is 1. The second-order valence-electron chi connectivity index (χ2n) is 15.2. The number of halogens is 3. The molecule has 1 unspecified atom stereocenters. The number of alkyl halides is 3. The largest absolute Gasteiger partial charge is 0.497 e. The molecule has 2 aliphatic heterocycles. The molecule has 59 heavy (non-hydrogen) atoms. The summed E-state index contributed by atoms with van der Waals surface area (Å²) >= 11 is 18.1. The standard InChI is InChI=1S/C40H68Cl3NO12Si3/c1-12-57(13-2,14-3)54-30-25-49-38(53-39(44)40(41,42)43)34(50-27(10)45)32(30)52-37-35(51-36(46)28-21-23-29(47-11)24-22-28)33(56-59(18-7,19-8)20-9)31(26-48-37)55-58(15-4,16-5)17-6/h21-24,30-35,37-38,44H,12-20,25-26H2,1-11H3/t30-,31+,32-,33-,34+,35+,37-,38?/m0/s1. The van der Waals surface area contributed by atoms with Crippen molar-refractivity contribution < 1.29 is 56.0 Å². The smallest absolute Gasteiger partial charge is 0.338 e. The zero-order chi connectivity index (χ0) is 44.2. The molecule has 8 atom stereocenters. The molecule has 0 saturated carbocycles. The summed E-state index contributed by atoms with van der Waals surface area (Å²) in [4.78, 5) is 27.1. The molecule has 1 aromatic rings. The van der Waals surface area contributed by atoms with Gasteiger partial charge in [-0.1, -0.05) is 97.1 Å². The Hall–Kier alpha value is -1.29. The van der Waals surface area contributed by atoms with Crippen molar-refractivity contribution in [3.8, 4) is 5.75 Å². The van der Waals surface area contributed by atoms with E-state index < -0.39 is 95.8 Å². The second-order valence-corrected chi connectivity index (χ2v) is 31.7. The highest BCUT2D eigenvalue weighted by molar-refractivity contribution is 6.76. The number of nitrogens with one attached hydrogen (secondary N) is 1. The second kappa shape index (κ2) is 23.4. The molecule has 2 aliphatic rings. The molecule has 0 radical (unpaired) electrons. The predicted molar refractivity (Wildman–Crippen MR) is 237 cm³/mol. The van der Waals surface area contributed by atoms with Crippen LogP contribution in [0.5, 0.6) is 5.75 Å². The van der Waals surface area contributed by atoms with Crippen LogP contribution < -0.4 is 4.74 Å². The first-order valence-corrected chi connectivity index (χ1v) is 29.9. The average molecular weight is 946 g/mol. The Balaban J connectivity index is 2.27. The van der Waals surface area contributed by atoms with Gasteiger partial charge in [-0.15, -0.1) is 0 Å². The molecule has 19 heteroatoms. The molecule has 2 saturated heterocycles. The van der Waals surface area contributed by atoms with Gasteiger partial charge in [0, 0.05) is 6.92 Å². The van der Waals surface area contributed by atoms with E-state index in [1.54, 1.807) is 31.4 Å². The number of esters is 2. The number of carbonyl (C=O) groups excluding carboxylic acids is 2. The van der Waals surface area contributed by atoms with Crippen LogP contribution in [0.4, 0.5) is 0 Å². The van der Waals surface area contributed by atoms with Crippen molar-refractivity contribution in [1.82, 2.24) is 0 Å². The summed E-state index contributed by atoms with van der Waals surface area (Å²) in [7, 11) is -5.55. The van der Waals surface area contributed by atoms with E-state index in [4.69, 9.17) is 86.6 Å². The minimum absolute atomic E-state index is 0.0741. The molecule has 2 heterocycles. The lowest BCUT2D eigenvalue weighted by Gasteiger charge is -2.50. The highest BCUT2D eigenvalue weighted by Gasteiger charge is 2.55. The summed E-state index contributed by atoms with van der Waals surface area (Å²) in [5.41, 5.74) is 0.282. The monoisotopic (exact) mass is 943 g/mol. The maximum absolute atomic E-state index is 14.2. The van der Waals surface area contributed by atoms with Crippen LogP contribution in [0, 0.1) is 5.41 Å². The van der Waals surface area contributed by atoms with Gasteiger partial charge in [-0.3, -0.25) is 10.2 Å². The molecule has 3 rings (SSSR count). The lowest BCUT2D eigenvalue weighted by molar-refractivity contribution is -0.324. The van der Waals surface area contributed by atoms with Gasteiger partial charge in [0.25, 0.3) is 3.79 Å². The van der Waals surface area contributed by atoms with Gasteiger partial charge in [-0.2, -0.15) is 0 Å². The molecule has 0 aliphatic carbocycles. The minimum atomic E-state index is -2.43. The van der Waals surface area contributed by atoms with Gasteiger partial charge < -0.3 is 46.4 Å². The van der Waals surface area contributed by atoms with Crippen LogP contribution in [0.3, 0.4) is 0 Å². The fraction of sp³-hybridized carbons (Fsp3) is 0.775. The fourth-order valence-corrected chi connectivity index (χ4v) is 16.5. The number of rotatable bonds is 22. The minimum Gasteiger partial charge on any atom is -0.497 e. The van der Waals surface area contributed by atoms with Crippen LogP contribution in [0.1, 0.15) is 79.6 Å². The van der Waals surface area contributed by atoms with E-state index in [0.717, 1.165) is 54.4 Å². The molecular formula is C40H68Cl3NO12Si3. The SMILES string of the molecule is CC[Si](CC)(CC)O[C@@H]1[C@@H](OC(=O)c2ccc(OC)cc2)[C@H](O[C@H]2[C@@H](O[Si](CC)(CC)CC)COC(OC(=N)C(Cl)(Cl)Cl)[C@@H]2OC(C)=O)OC[C@H]1O[Si](CC)(CC)CC. The van der Waals surface area contributed by atoms with Crippen molar-refractivity contribution in [2.24, 2.45) is 0 Å². The van der Waals surface area contributed by atoms with Crippen molar-refractivity contribution in [1.29, 1.82) is 5.41 Å². The first-order chi connectivity index (χ1) is 27.9. The first kappa shape index (κ1) is 52.1. The highest BCUT2D eigenvalue weighted by Crippen LogP contribution is 2.39. The Morgan fingerprint density at radius 2 is 1.07 bits per heavy atom. The maximum Gasteiger partial charge on any atom is 0.338 e. The van der Waals surface area contributed by atoms with Gasteiger partial charge in [-0.05, 0) is 78.7 Å². The summed E-state index contributed by atoms with van der Waals surface area (Å²) in [6.07, 6.45) is -8.54. The van der Waals surface area contributed by atoms with Crippen LogP contribution in [0.15, 0.2) is 24.3 Å². The molecule has 2 fully saturated rings. The molecule has 0 amide bonds. The van der Waals surface area contributed by atoms with E-state index in [1.807, 2.05) is 0 Å². The molecule has 0 spiro atoms. The van der Waals surface area contributed by atoms with E-state index >= 15 is 0 Å². The van der Waals surface area contributed by atoms with E-state index in [9.17, 15) is 9.59 Å². The third-order valence-corrected chi connectivity index (χ3v) is 26.9. The van der Waals surface area contributed by atoms with Gasteiger partial charge in [0.15, 0.2) is 43.5 Å². The topological polar surface area (TPSA) is 150 Å². The lowest BCUT2D eigenvalue weighted by atomic mass is 10.0. The van der Waals surface area contributed by atoms with Gasteiger partial charge in [0.05, 0.1) is 38.1 Å². The molecule has 0 bridgehead atoms. The van der Waals surface area contributed by atoms with Crippen LogP contribution in [0.2, 0.25) is 54.4 Å². The maximum atomic E-state index is 14.2. The normalized spacial score (nSPS) is 25.6. The number of ether oxygens (including phenoxy) is 7. The molecule has 0 aromatic heterocycles. The van der Waals surface area contributed by atoms with Crippen LogP contribution in [-0.2, 0) is 46.5 Å². The summed E-state index contributed by atoms with van der Waals surface area (Å²) in [5, 5.41) is 8.36. The number of hydrogen-bond donors (Lipinski definition) is 1. The Morgan fingerprint density at radius 3 is 1.49 bits per heavy atom. The quantitative estimate of drug-likeness (QED) is 0.0388. The van der Waals surface area contributed by atoms with Gasteiger partial charge in [0.1, 0.15) is 18.0 Å². The van der Waals surface area contributed by atoms with E-state index in [2.05, 4.69) is 62.3 Å². The third-order valence-electron chi connectivity index (χ3n) is 12.4. The number of carbonyl (C=O) groups is 2. The van der Waals surface area contributed by atoms with Crippen LogP contribution in [-0.4, -0.2) is 116 Å². The fourth-order valence-electron chi connectivity index (χ4n) is 7.84. The van der Waals surface area contributed by atoms with Gasteiger partial charge >= 0.3 is 11.9 Å². The van der Waals surface area contributed by atoms with E-state index in [-0.39, 0.29) is 18.8 Å². The van der Waals surface area contributed by atoms with E-state index in [1.165, 1.54) is 6.92 Å². The molecule has 13 nitrogen and oxygen atoms in total. The Labute approximate surface area is 369 Å². The van der Waals surface area contributed by atoms with E-state index in [0.29, 0.717) is 5.75 Å². The summed E-state index contributed by atoms with van der Waals surface area (Å²) < 4.78 is 62.5. The third kappa shape index (κ3) is 13.4. The molecule has 1 N–H and O–H groups in total. The lowest BCUT2D eigenvalue weighted by Crippen LogP contribution is -2.66. The van der Waals surface area contributed by atoms with Gasteiger partial charge in [0.2, 0.25) is 12.2 Å². The van der Waals surface area contributed by atoms with Crippen molar-refractivity contribution in [2.75, 3.05) is 20.3 Å². The first-order valence-electron chi connectivity index (χ1n) is 21.2. The Morgan fingerprint density at radius 1 is 0.644 bits per heavy atom. The van der Waals surface area contributed by atoms with Crippen molar-refractivity contribution in [3.05, 3.63) is 29.8 Å². The summed E-state index contributed by atoms with van der Waals surface area (Å²) in [5.74, 6) is -1.48. The molecule has 1 aromatic carbocycles. The van der Waals surface area contributed by atoms with Crippen LogP contribution in [0.25, 0.3) is 0 Å². The Bertz CT molecular complexity index is 1460. The van der Waals surface area contributed by atoms with Crippen molar-refractivity contribution >= 4 is 77.6 Å². The van der Waals surface area contributed by atoms with Crippen molar-refractivity contribution in [2.45, 2.75) is 177 Å². The average Bonchev–Trinajstić information content (AvgIpc) is 3.23. The number of benzene rings is 1. The van der Waals surface area contributed by atoms with Gasteiger partial charge in [-0.25, -0.2) is 4.79 Å². The summed E-state index contributed by atoms with van der Waals surface area (Å²) in [6.45, 7) is 20.4. The zero-order valence-corrected chi connectivity index (χ0v) is 42.0. The summed E-state index contributed by atoms with van der Waals surface area (Å²) in [6, 6.07) is 14.1. The number of hydrogen-bond acceptors (Lipinski definition) is 13. The molecular weight excluding hydrogens is 877 g/mol. The van der Waals surface area contributed by atoms with Crippen LogP contribution >= 0.6 is 34.8 Å². The highest BCUT2D eigenvalue weighted by atomic mass is 35.6. The Kier molecular flexibility index (Phi) is 20.7. The predicted octanol–water partition coefficient (Wildman–Crippen LogP) is 9.79.